The molecule has 0 saturated heterocycles. The number of aliphatic carboxylic acids is 2. The van der Waals surface area contributed by atoms with Crippen molar-refractivity contribution in [3.05, 3.63) is 29.3 Å². The molecular weight excluding hydrogens is 486 g/mol. The van der Waals surface area contributed by atoms with Crippen molar-refractivity contribution in [2.45, 2.75) is 25.7 Å². The van der Waals surface area contributed by atoms with Gasteiger partial charge in [-0.2, -0.15) is 8.42 Å². The van der Waals surface area contributed by atoms with Crippen molar-refractivity contribution in [1.82, 2.24) is 0 Å². The van der Waals surface area contributed by atoms with Gasteiger partial charge in [0, 0.05) is 11.9 Å². The van der Waals surface area contributed by atoms with Crippen LogP contribution in [-0.2, 0) is 29.5 Å². The first-order valence-electron chi connectivity index (χ1n) is 8.78. The van der Waals surface area contributed by atoms with Gasteiger partial charge in [0.05, 0.1) is 25.3 Å². The van der Waals surface area contributed by atoms with E-state index in [-0.39, 0.29) is 70.2 Å². The molecule has 172 valence electrons. The molecule has 1 saturated carbocycles. The zero-order chi connectivity index (χ0) is 23.8. The summed E-state index contributed by atoms with van der Waals surface area (Å²) in [4.78, 5) is 43.4. The third kappa shape index (κ3) is 12.2. The van der Waals surface area contributed by atoms with Crippen LogP contribution in [0.1, 0.15) is 46.4 Å². The SMILES string of the molecule is COC(=O)c1cc(OS(=O)(=O)O)cc(C(=O)OC)c1.O=C([O-])C1CCC(C(=O)[O-])CC1.[Na+].[Na+]. The number of esters is 2. The molecule has 15 heteroatoms. The maximum Gasteiger partial charge on any atom is 1.00 e. The first kappa shape index (κ1) is 34.0. The molecule has 0 spiro atoms. The molecule has 0 unspecified atom stereocenters. The van der Waals surface area contributed by atoms with E-state index in [4.69, 9.17) is 4.55 Å². The van der Waals surface area contributed by atoms with E-state index in [1.54, 1.807) is 0 Å². The monoisotopic (exact) mass is 506 g/mol. The Morgan fingerprint density at radius 1 is 0.818 bits per heavy atom. The first-order valence-corrected chi connectivity index (χ1v) is 10.1. The predicted octanol–water partition coefficient (Wildman–Crippen LogP) is -7.26. The van der Waals surface area contributed by atoms with E-state index < -0.39 is 51.9 Å². The molecule has 0 amide bonds. The van der Waals surface area contributed by atoms with Crippen molar-refractivity contribution in [3.63, 3.8) is 0 Å². The van der Waals surface area contributed by atoms with Crippen molar-refractivity contribution in [3.8, 4) is 5.75 Å². The summed E-state index contributed by atoms with van der Waals surface area (Å²) in [6.45, 7) is 0. The van der Waals surface area contributed by atoms with Gasteiger partial charge in [0.1, 0.15) is 5.75 Å². The average molecular weight is 506 g/mol. The first-order chi connectivity index (χ1) is 14.4. The molecule has 1 aliphatic carbocycles. The summed E-state index contributed by atoms with van der Waals surface area (Å²) < 4.78 is 42.8. The summed E-state index contributed by atoms with van der Waals surface area (Å²) in [5, 5.41) is 20.7. The zero-order valence-corrected chi connectivity index (χ0v) is 23.4. The topological polar surface area (TPSA) is 196 Å². The van der Waals surface area contributed by atoms with E-state index in [1.807, 2.05) is 0 Å². The fourth-order valence-corrected chi connectivity index (χ4v) is 3.14. The van der Waals surface area contributed by atoms with Crippen molar-refractivity contribution < 1.29 is 115 Å². The molecule has 0 bridgehead atoms. The number of rotatable bonds is 6. The standard InChI is InChI=1S/C10H10O8S.C8H12O4.2Na/c1-16-9(11)6-3-7(10(12)17-2)5-8(4-6)18-19(13,14)15;9-7(10)5-1-2-6(4-3-5)8(11)12;;/h3-5H,1-2H3,(H,13,14,15);5-6H,1-4H2,(H,9,10)(H,11,12);;/q;;2*+1/p-2. The second kappa shape index (κ2) is 15.7. The van der Waals surface area contributed by atoms with Gasteiger partial charge in [-0.05, 0) is 55.7 Å². The van der Waals surface area contributed by atoms with Crippen LogP contribution >= 0.6 is 0 Å². The minimum atomic E-state index is -4.78. The van der Waals surface area contributed by atoms with Crippen LogP contribution in [0.3, 0.4) is 0 Å². The molecule has 0 heterocycles. The summed E-state index contributed by atoms with van der Waals surface area (Å²) in [6.07, 6.45) is 1.62. The van der Waals surface area contributed by atoms with Gasteiger partial charge in [-0.25, -0.2) is 9.59 Å². The maximum atomic E-state index is 11.4. The zero-order valence-electron chi connectivity index (χ0n) is 18.6. The number of carboxylic acids is 2. The smallest absolute Gasteiger partial charge is 0.550 e. The molecule has 1 N–H and O–H groups in total. The van der Waals surface area contributed by atoms with Crippen molar-refractivity contribution >= 4 is 34.3 Å². The fourth-order valence-electron chi connectivity index (χ4n) is 2.80. The maximum absolute atomic E-state index is 11.4. The van der Waals surface area contributed by atoms with Crippen LogP contribution in [0, 0.1) is 11.8 Å². The van der Waals surface area contributed by atoms with E-state index >= 15 is 0 Å². The molecule has 1 aliphatic rings. The molecule has 1 aromatic carbocycles. The third-order valence-corrected chi connectivity index (χ3v) is 4.75. The molecule has 33 heavy (non-hydrogen) atoms. The summed E-state index contributed by atoms with van der Waals surface area (Å²) in [7, 11) is -2.56. The van der Waals surface area contributed by atoms with E-state index in [9.17, 15) is 37.8 Å². The van der Waals surface area contributed by atoms with Crippen LogP contribution in [0.15, 0.2) is 18.2 Å². The number of ether oxygens (including phenoxy) is 2. The largest absolute Gasteiger partial charge is 1.00 e. The molecule has 2 rings (SSSR count). The molecule has 0 radical (unpaired) electrons. The number of hydrogen-bond donors (Lipinski definition) is 1. The number of carbonyl (C=O) groups excluding carboxylic acids is 4. The second-order valence-corrected chi connectivity index (χ2v) is 7.45. The quantitative estimate of drug-likeness (QED) is 0.218. The number of methoxy groups -OCH3 is 2. The summed E-state index contributed by atoms with van der Waals surface area (Å²) in [5.74, 6) is -5.09. The minimum absolute atomic E-state index is 0. The van der Waals surface area contributed by atoms with Gasteiger partial charge in [0.25, 0.3) is 0 Å². The Balaban J connectivity index is 0. The van der Waals surface area contributed by atoms with Crippen molar-refractivity contribution in [2.24, 2.45) is 11.8 Å². The van der Waals surface area contributed by atoms with Gasteiger partial charge in [0.2, 0.25) is 0 Å². The molecular formula is C18H20Na2O12S. The Labute approximate surface area is 234 Å². The van der Waals surface area contributed by atoms with Crippen molar-refractivity contribution in [2.75, 3.05) is 14.2 Å². The van der Waals surface area contributed by atoms with E-state index in [0.717, 1.165) is 32.4 Å². The number of benzene rings is 1. The van der Waals surface area contributed by atoms with Gasteiger partial charge in [-0.1, -0.05) is 0 Å². The van der Waals surface area contributed by atoms with Crippen LogP contribution in [0.2, 0.25) is 0 Å². The minimum Gasteiger partial charge on any atom is -0.550 e. The van der Waals surface area contributed by atoms with Crippen LogP contribution in [0.5, 0.6) is 5.75 Å². The number of carbonyl (C=O) groups is 4. The number of carboxylic acid groups (broad SMARTS) is 2. The molecule has 1 fully saturated rings. The molecule has 0 atom stereocenters. The van der Waals surface area contributed by atoms with E-state index in [1.165, 1.54) is 0 Å². The van der Waals surface area contributed by atoms with Crippen LogP contribution in [0.4, 0.5) is 0 Å². The van der Waals surface area contributed by atoms with Crippen LogP contribution in [-0.4, -0.2) is 51.1 Å². The Kier molecular flexibility index (Phi) is 16.1. The predicted molar refractivity (Wildman–Crippen MR) is 96.8 cm³/mol. The Hall–Kier alpha value is -1.19. The van der Waals surface area contributed by atoms with Gasteiger partial charge in [-0.3, -0.25) is 4.55 Å². The van der Waals surface area contributed by atoms with Gasteiger partial charge in [-0.15, -0.1) is 0 Å². The van der Waals surface area contributed by atoms with Crippen LogP contribution < -0.4 is 73.5 Å². The average Bonchev–Trinajstić information content (AvgIpc) is 2.71. The van der Waals surface area contributed by atoms with E-state index in [2.05, 4.69) is 13.7 Å². The van der Waals surface area contributed by atoms with Gasteiger partial charge < -0.3 is 33.5 Å². The van der Waals surface area contributed by atoms with Crippen LogP contribution in [0.25, 0.3) is 0 Å². The molecule has 12 nitrogen and oxygen atoms in total. The number of hydrogen-bond acceptors (Lipinski definition) is 11. The molecule has 0 aliphatic heterocycles. The third-order valence-electron chi connectivity index (χ3n) is 4.34. The fraction of sp³-hybridized carbons (Fsp3) is 0.444. The summed E-state index contributed by atoms with van der Waals surface area (Å²) in [5.41, 5.74) is -0.270. The second-order valence-electron chi connectivity index (χ2n) is 6.43. The Morgan fingerprint density at radius 2 is 1.15 bits per heavy atom. The normalized spacial score (nSPS) is 16.9. The Bertz CT molecular complexity index is 883. The molecule has 1 aromatic rings. The Morgan fingerprint density at radius 3 is 1.39 bits per heavy atom. The summed E-state index contributed by atoms with van der Waals surface area (Å²) in [6, 6.07) is 3.12. The van der Waals surface area contributed by atoms with Gasteiger partial charge >= 0.3 is 81.5 Å². The molecule has 0 aromatic heterocycles. The summed E-state index contributed by atoms with van der Waals surface area (Å²) >= 11 is 0. The van der Waals surface area contributed by atoms with E-state index in [0.29, 0.717) is 25.7 Å². The van der Waals surface area contributed by atoms with Gasteiger partial charge in [0.15, 0.2) is 0 Å². The van der Waals surface area contributed by atoms with Crippen molar-refractivity contribution in [1.29, 1.82) is 0 Å².